The first-order chi connectivity index (χ1) is 9.16. The minimum atomic E-state index is -0.0472. The first-order valence-electron chi connectivity index (χ1n) is 6.63. The zero-order valence-electron chi connectivity index (χ0n) is 11.1. The van der Waals surface area contributed by atoms with Crippen LogP contribution >= 0.6 is 22.9 Å². The van der Waals surface area contributed by atoms with E-state index >= 15 is 0 Å². The molecule has 1 amide bonds. The highest BCUT2D eigenvalue weighted by molar-refractivity contribution is 7.16. The first kappa shape index (κ1) is 14.8. The summed E-state index contributed by atoms with van der Waals surface area (Å²) in [4.78, 5) is 15.5. The molecule has 2 rings (SSSR count). The molecule has 19 heavy (non-hydrogen) atoms. The van der Waals surface area contributed by atoms with Crippen LogP contribution in [0.5, 0.6) is 0 Å². The zero-order chi connectivity index (χ0) is 13.7. The lowest BCUT2D eigenvalue weighted by Crippen LogP contribution is -2.52. The third-order valence-corrected chi connectivity index (χ3v) is 4.67. The van der Waals surface area contributed by atoms with E-state index < -0.39 is 0 Å². The van der Waals surface area contributed by atoms with Crippen molar-refractivity contribution in [1.29, 1.82) is 0 Å². The molecule has 4 nitrogen and oxygen atoms in total. The number of amides is 1. The van der Waals surface area contributed by atoms with Crippen molar-refractivity contribution in [2.45, 2.75) is 19.4 Å². The summed E-state index contributed by atoms with van der Waals surface area (Å²) in [6.45, 7) is 6.45. The maximum atomic E-state index is 12.0. The summed E-state index contributed by atoms with van der Waals surface area (Å²) in [5.74, 6) is 0.115. The third-order valence-electron chi connectivity index (χ3n) is 3.38. The molecule has 2 heterocycles. The van der Waals surface area contributed by atoms with Crippen LogP contribution < -0.4 is 10.6 Å². The number of hydrogen-bond acceptors (Lipinski definition) is 4. The molecule has 1 fully saturated rings. The highest BCUT2D eigenvalue weighted by atomic mass is 35.5. The van der Waals surface area contributed by atoms with Gasteiger partial charge in [0.15, 0.2) is 0 Å². The Bertz CT molecular complexity index is 418. The minimum Gasteiger partial charge on any atom is -0.354 e. The van der Waals surface area contributed by atoms with Crippen LogP contribution in [0.3, 0.4) is 0 Å². The molecule has 1 aromatic heterocycles. The van der Waals surface area contributed by atoms with Crippen molar-refractivity contribution in [1.82, 2.24) is 15.5 Å². The van der Waals surface area contributed by atoms with Gasteiger partial charge in [-0.3, -0.25) is 9.69 Å². The summed E-state index contributed by atoms with van der Waals surface area (Å²) in [6.07, 6.45) is 0.845. The summed E-state index contributed by atoms with van der Waals surface area (Å²) in [6, 6.07) is 3.86. The minimum absolute atomic E-state index is 0.0472. The van der Waals surface area contributed by atoms with Crippen molar-refractivity contribution < 1.29 is 4.79 Å². The lowest BCUT2D eigenvalue weighted by atomic mass is 10.2. The summed E-state index contributed by atoms with van der Waals surface area (Å²) >= 11 is 7.44. The Hall–Kier alpha value is -0.620. The molecule has 106 valence electrons. The maximum absolute atomic E-state index is 12.0. The number of rotatable bonds is 5. The number of halogens is 1. The van der Waals surface area contributed by atoms with Crippen molar-refractivity contribution in [2.24, 2.45) is 0 Å². The van der Waals surface area contributed by atoms with Crippen LogP contribution in [0.15, 0.2) is 12.1 Å². The molecule has 0 aliphatic carbocycles. The molecule has 6 heteroatoms. The molecular weight excluding hydrogens is 282 g/mol. The van der Waals surface area contributed by atoms with Gasteiger partial charge in [0.1, 0.15) is 0 Å². The fourth-order valence-electron chi connectivity index (χ4n) is 2.18. The molecule has 0 spiro atoms. The van der Waals surface area contributed by atoms with Crippen molar-refractivity contribution in [2.75, 3.05) is 32.7 Å². The molecule has 0 bridgehead atoms. The molecule has 1 aromatic rings. The maximum Gasteiger partial charge on any atom is 0.237 e. The Labute approximate surface area is 123 Å². The van der Waals surface area contributed by atoms with Crippen LogP contribution in [0.1, 0.15) is 11.8 Å². The Kier molecular flexibility index (Phi) is 5.63. The summed E-state index contributed by atoms with van der Waals surface area (Å²) < 4.78 is 0.801. The average molecular weight is 302 g/mol. The second kappa shape index (κ2) is 7.24. The lowest BCUT2D eigenvalue weighted by molar-refractivity contribution is -0.126. The number of piperazine rings is 1. The normalized spacial score (nSPS) is 18.2. The summed E-state index contributed by atoms with van der Waals surface area (Å²) in [5, 5.41) is 6.29. The number of carbonyl (C=O) groups excluding carboxylic acids is 1. The smallest absolute Gasteiger partial charge is 0.237 e. The van der Waals surface area contributed by atoms with Crippen LogP contribution in [0.2, 0.25) is 4.34 Å². The Balaban J connectivity index is 1.71. The third kappa shape index (κ3) is 4.45. The fraction of sp³-hybridized carbons (Fsp3) is 0.615. The highest BCUT2D eigenvalue weighted by Crippen LogP contribution is 2.21. The van der Waals surface area contributed by atoms with Gasteiger partial charge in [-0.25, -0.2) is 0 Å². The highest BCUT2D eigenvalue weighted by Gasteiger charge is 2.22. The monoisotopic (exact) mass is 301 g/mol. The van der Waals surface area contributed by atoms with Gasteiger partial charge in [0.25, 0.3) is 0 Å². The molecule has 1 unspecified atom stereocenters. The standard InChI is InChI=1S/C13H20ClN3OS/c1-10(17-8-6-15-7-9-17)13(18)16-5-4-11-2-3-12(14)19-11/h2-3,10,15H,4-9H2,1H3,(H,16,18). The van der Waals surface area contributed by atoms with Crippen molar-refractivity contribution in [3.8, 4) is 0 Å². The number of hydrogen-bond donors (Lipinski definition) is 2. The van der Waals surface area contributed by atoms with E-state index in [0.29, 0.717) is 6.54 Å². The van der Waals surface area contributed by atoms with Crippen LogP contribution in [0.4, 0.5) is 0 Å². The van der Waals surface area contributed by atoms with Gasteiger partial charge >= 0.3 is 0 Å². The second-order valence-corrected chi connectivity index (χ2v) is 6.51. The summed E-state index contributed by atoms with van der Waals surface area (Å²) in [7, 11) is 0. The van der Waals surface area contributed by atoms with Gasteiger partial charge in [-0.05, 0) is 25.5 Å². The quantitative estimate of drug-likeness (QED) is 0.863. The largest absolute Gasteiger partial charge is 0.354 e. The molecule has 0 aromatic carbocycles. The molecule has 1 aliphatic heterocycles. The lowest BCUT2D eigenvalue weighted by Gasteiger charge is -2.31. The van der Waals surface area contributed by atoms with Gasteiger partial charge in [0.2, 0.25) is 5.91 Å². The fourth-order valence-corrected chi connectivity index (χ4v) is 3.27. The summed E-state index contributed by atoms with van der Waals surface area (Å²) in [5.41, 5.74) is 0. The van der Waals surface area contributed by atoms with E-state index in [4.69, 9.17) is 11.6 Å². The molecule has 0 radical (unpaired) electrons. The van der Waals surface area contributed by atoms with Crippen LogP contribution in [0.25, 0.3) is 0 Å². The van der Waals surface area contributed by atoms with E-state index in [1.807, 2.05) is 19.1 Å². The Morgan fingerprint density at radius 3 is 2.89 bits per heavy atom. The molecule has 0 saturated carbocycles. The molecule has 1 atom stereocenters. The van der Waals surface area contributed by atoms with Gasteiger partial charge in [-0.15, -0.1) is 11.3 Å². The zero-order valence-corrected chi connectivity index (χ0v) is 12.7. The van der Waals surface area contributed by atoms with Gasteiger partial charge < -0.3 is 10.6 Å². The van der Waals surface area contributed by atoms with Gasteiger partial charge in [-0.1, -0.05) is 11.6 Å². The van der Waals surface area contributed by atoms with E-state index in [2.05, 4.69) is 15.5 Å². The number of thiophene rings is 1. The van der Waals surface area contributed by atoms with Gasteiger partial charge in [0, 0.05) is 37.6 Å². The van der Waals surface area contributed by atoms with E-state index in [1.165, 1.54) is 4.88 Å². The molecule has 1 aliphatic rings. The molecule has 2 N–H and O–H groups in total. The van der Waals surface area contributed by atoms with E-state index in [0.717, 1.165) is 36.9 Å². The van der Waals surface area contributed by atoms with Crippen LogP contribution in [-0.4, -0.2) is 49.6 Å². The van der Waals surface area contributed by atoms with Gasteiger partial charge in [-0.2, -0.15) is 0 Å². The van der Waals surface area contributed by atoms with E-state index in [-0.39, 0.29) is 11.9 Å². The van der Waals surface area contributed by atoms with Gasteiger partial charge in [0.05, 0.1) is 10.4 Å². The van der Waals surface area contributed by atoms with Crippen molar-refractivity contribution in [3.63, 3.8) is 0 Å². The van der Waals surface area contributed by atoms with E-state index in [9.17, 15) is 4.79 Å². The SMILES string of the molecule is CC(C(=O)NCCc1ccc(Cl)s1)N1CCNCC1. The van der Waals surface area contributed by atoms with Crippen molar-refractivity contribution in [3.05, 3.63) is 21.3 Å². The number of nitrogens with one attached hydrogen (secondary N) is 2. The molecular formula is C13H20ClN3OS. The number of carbonyl (C=O) groups is 1. The Morgan fingerprint density at radius 2 is 2.26 bits per heavy atom. The topological polar surface area (TPSA) is 44.4 Å². The number of nitrogens with zero attached hydrogens (tertiary/aromatic N) is 1. The van der Waals surface area contributed by atoms with Crippen molar-refractivity contribution >= 4 is 28.8 Å². The predicted octanol–water partition coefficient (Wildman–Crippen LogP) is 1.35. The van der Waals surface area contributed by atoms with Crippen LogP contribution in [0, 0.1) is 0 Å². The van der Waals surface area contributed by atoms with Crippen LogP contribution in [-0.2, 0) is 11.2 Å². The first-order valence-corrected chi connectivity index (χ1v) is 7.83. The molecule has 1 saturated heterocycles. The second-order valence-electron chi connectivity index (χ2n) is 4.71. The average Bonchev–Trinajstić information content (AvgIpc) is 2.84. The van der Waals surface area contributed by atoms with E-state index in [1.54, 1.807) is 11.3 Å². The Morgan fingerprint density at radius 1 is 1.53 bits per heavy atom. The predicted molar refractivity (Wildman–Crippen MR) is 79.9 cm³/mol.